The third-order valence-electron chi connectivity index (χ3n) is 4.66. The minimum atomic E-state index is 0.216. The summed E-state index contributed by atoms with van der Waals surface area (Å²) in [5.41, 5.74) is 5.98. The Morgan fingerprint density at radius 1 is 1.25 bits per heavy atom. The molecule has 1 aliphatic rings. The normalized spacial score (nSPS) is 17.9. The van der Waals surface area contributed by atoms with Crippen LogP contribution in [-0.4, -0.2) is 41.5 Å². The largest absolute Gasteiger partial charge is 0.496 e. The van der Waals surface area contributed by atoms with Gasteiger partial charge in [-0.05, 0) is 54.8 Å². The topological polar surface area (TPSA) is 65.0 Å². The molecule has 0 radical (unpaired) electrons. The van der Waals surface area contributed by atoms with Crippen molar-refractivity contribution in [3.63, 3.8) is 0 Å². The lowest BCUT2D eigenvalue weighted by atomic mass is 10.0. The van der Waals surface area contributed by atoms with E-state index in [1.54, 1.807) is 13.2 Å². The van der Waals surface area contributed by atoms with Crippen molar-refractivity contribution in [2.24, 2.45) is 0 Å². The van der Waals surface area contributed by atoms with Crippen LogP contribution in [-0.2, 0) is 6.54 Å². The van der Waals surface area contributed by atoms with Crippen LogP contribution in [0.3, 0.4) is 0 Å². The van der Waals surface area contributed by atoms with Crippen LogP contribution >= 0.6 is 0 Å². The van der Waals surface area contributed by atoms with E-state index in [1.165, 1.54) is 5.56 Å². The average molecular weight is 328 g/mol. The van der Waals surface area contributed by atoms with Gasteiger partial charge in [-0.1, -0.05) is 18.2 Å². The Morgan fingerprint density at radius 3 is 2.88 bits per heavy atom. The average Bonchev–Trinajstić information content (AvgIpc) is 3.08. The second-order valence-corrected chi connectivity index (χ2v) is 6.18. The first-order valence-electron chi connectivity index (χ1n) is 8.27. The summed E-state index contributed by atoms with van der Waals surface area (Å²) in [7, 11) is 1.66. The summed E-state index contributed by atoms with van der Waals surface area (Å²) in [4.78, 5) is 2.33. The lowest BCUT2D eigenvalue weighted by Crippen LogP contribution is -2.31. The molecule has 5 heteroatoms. The standard InChI is InChI=1S/C19H24N2O3/c1-24-19-8-7-14(12-21-9-3-6-17(21)13-22)10-18(19)15-4-2-5-16(11-15)20-23/h2,4-5,7-8,10-11,17,20,22-23H,3,6,9,12-13H2,1H3. The lowest BCUT2D eigenvalue weighted by Gasteiger charge is -2.23. The van der Waals surface area contributed by atoms with Gasteiger partial charge in [0.05, 0.1) is 19.4 Å². The molecule has 128 valence electrons. The number of likely N-dealkylation sites (tertiary alicyclic amines) is 1. The predicted octanol–water partition coefficient (Wildman–Crippen LogP) is 3.12. The minimum absolute atomic E-state index is 0.216. The molecule has 1 fully saturated rings. The molecule has 5 nitrogen and oxygen atoms in total. The highest BCUT2D eigenvalue weighted by Crippen LogP contribution is 2.33. The zero-order chi connectivity index (χ0) is 16.9. The first-order valence-corrected chi connectivity index (χ1v) is 8.27. The highest BCUT2D eigenvalue weighted by atomic mass is 16.5. The van der Waals surface area contributed by atoms with Gasteiger partial charge in [-0.2, -0.15) is 0 Å². The predicted molar refractivity (Wildman–Crippen MR) is 94.4 cm³/mol. The number of nitrogens with zero attached hydrogens (tertiary/aromatic N) is 1. The van der Waals surface area contributed by atoms with Crippen LogP contribution in [0.4, 0.5) is 5.69 Å². The Morgan fingerprint density at radius 2 is 2.12 bits per heavy atom. The van der Waals surface area contributed by atoms with E-state index in [9.17, 15) is 5.11 Å². The highest BCUT2D eigenvalue weighted by molar-refractivity contribution is 5.74. The monoisotopic (exact) mass is 328 g/mol. The van der Waals surface area contributed by atoms with Gasteiger partial charge < -0.3 is 9.84 Å². The van der Waals surface area contributed by atoms with Crippen LogP contribution in [0, 0.1) is 0 Å². The van der Waals surface area contributed by atoms with Crippen LogP contribution in [0.5, 0.6) is 5.75 Å². The van der Waals surface area contributed by atoms with Crippen molar-refractivity contribution >= 4 is 5.69 Å². The van der Waals surface area contributed by atoms with E-state index >= 15 is 0 Å². The van der Waals surface area contributed by atoms with E-state index in [0.29, 0.717) is 5.69 Å². The summed E-state index contributed by atoms with van der Waals surface area (Å²) >= 11 is 0. The molecule has 1 saturated heterocycles. The summed E-state index contributed by atoms with van der Waals surface area (Å²) in [6.45, 7) is 2.06. The number of benzene rings is 2. The smallest absolute Gasteiger partial charge is 0.126 e. The number of ether oxygens (including phenoxy) is 1. The number of methoxy groups -OCH3 is 1. The number of anilines is 1. The van der Waals surface area contributed by atoms with E-state index < -0.39 is 0 Å². The molecule has 2 aromatic carbocycles. The van der Waals surface area contributed by atoms with Gasteiger partial charge in [0.1, 0.15) is 5.75 Å². The van der Waals surface area contributed by atoms with Gasteiger partial charge in [0, 0.05) is 18.2 Å². The van der Waals surface area contributed by atoms with Gasteiger partial charge in [0.25, 0.3) is 0 Å². The molecule has 1 unspecified atom stereocenters. The van der Waals surface area contributed by atoms with E-state index in [-0.39, 0.29) is 12.6 Å². The van der Waals surface area contributed by atoms with Crippen molar-refractivity contribution < 1.29 is 15.1 Å². The third-order valence-corrected chi connectivity index (χ3v) is 4.66. The van der Waals surface area contributed by atoms with Crippen LogP contribution in [0.2, 0.25) is 0 Å². The summed E-state index contributed by atoms with van der Waals surface area (Å²) in [6.07, 6.45) is 2.20. The molecule has 1 atom stereocenters. The van der Waals surface area contributed by atoms with Crippen molar-refractivity contribution in [2.45, 2.75) is 25.4 Å². The van der Waals surface area contributed by atoms with Gasteiger partial charge in [0.2, 0.25) is 0 Å². The molecular formula is C19H24N2O3. The number of hydrogen-bond donors (Lipinski definition) is 3. The fourth-order valence-electron chi connectivity index (χ4n) is 3.38. The van der Waals surface area contributed by atoms with Crippen molar-refractivity contribution in [1.29, 1.82) is 0 Å². The maximum Gasteiger partial charge on any atom is 0.126 e. The summed E-state index contributed by atoms with van der Waals surface area (Å²) in [5.74, 6) is 0.800. The van der Waals surface area contributed by atoms with Crippen molar-refractivity contribution in [1.82, 2.24) is 4.90 Å². The van der Waals surface area contributed by atoms with Crippen molar-refractivity contribution in [3.8, 4) is 16.9 Å². The number of nitrogens with one attached hydrogen (secondary N) is 1. The molecule has 0 aliphatic carbocycles. The maximum absolute atomic E-state index is 9.49. The first-order chi connectivity index (χ1) is 11.7. The molecule has 24 heavy (non-hydrogen) atoms. The van der Waals surface area contributed by atoms with Crippen LogP contribution < -0.4 is 10.2 Å². The second-order valence-electron chi connectivity index (χ2n) is 6.18. The minimum Gasteiger partial charge on any atom is -0.496 e. The Hall–Kier alpha value is -2.08. The zero-order valence-corrected chi connectivity index (χ0v) is 13.9. The van der Waals surface area contributed by atoms with E-state index in [0.717, 1.165) is 42.8 Å². The van der Waals surface area contributed by atoms with Gasteiger partial charge in [-0.3, -0.25) is 15.6 Å². The maximum atomic E-state index is 9.49. The lowest BCUT2D eigenvalue weighted by molar-refractivity contribution is 0.153. The van der Waals surface area contributed by atoms with Gasteiger partial charge >= 0.3 is 0 Å². The number of aliphatic hydroxyl groups is 1. The molecule has 0 spiro atoms. The summed E-state index contributed by atoms with van der Waals surface area (Å²) in [5, 5.41) is 18.6. The molecule has 0 aromatic heterocycles. The van der Waals surface area contributed by atoms with Crippen LogP contribution in [0.25, 0.3) is 11.1 Å². The van der Waals surface area contributed by atoms with Crippen LogP contribution in [0.1, 0.15) is 18.4 Å². The molecule has 0 bridgehead atoms. The molecule has 0 saturated carbocycles. The van der Waals surface area contributed by atoms with E-state index in [4.69, 9.17) is 9.94 Å². The summed E-state index contributed by atoms with van der Waals surface area (Å²) in [6, 6.07) is 14.0. The first kappa shape index (κ1) is 16.8. The Kier molecular flexibility index (Phi) is 5.35. The van der Waals surface area contributed by atoms with Gasteiger partial charge in [0.15, 0.2) is 0 Å². The second kappa shape index (κ2) is 7.66. The number of hydrogen-bond acceptors (Lipinski definition) is 5. The SMILES string of the molecule is COc1ccc(CN2CCCC2CO)cc1-c1cccc(NO)c1. The van der Waals surface area contributed by atoms with Crippen molar-refractivity contribution in [3.05, 3.63) is 48.0 Å². The summed E-state index contributed by atoms with van der Waals surface area (Å²) < 4.78 is 5.50. The molecule has 1 aliphatic heterocycles. The molecule has 1 heterocycles. The highest BCUT2D eigenvalue weighted by Gasteiger charge is 2.23. The Balaban J connectivity index is 1.90. The quantitative estimate of drug-likeness (QED) is 0.711. The molecule has 2 aromatic rings. The van der Waals surface area contributed by atoms with Gasteiger partial charge in [-0.15, -0.1) is 0 Å². The molecule has 3 N–H and O–H groups in total. The third kappa shape index (κ3) is 3.53. The number of aliphatic hydroxyl groups excluding tert-OH is 1. The van der Waals surface area contributed by atoms with Crippen LogP contribution in [0.15, 0.2) is 42.5 Å². The zero-order valence-electron chi connectivity index (χ0n) is 13.9. The molecule has 0 amide bonds. The van der Waals surface area contributed by atoms with E-state index in [2.05, 4.69) is 22.5 Å². The Labute approximate surface area is 142 Å². The van der Waals surface area contributed by atoms with Crippen molar-refractivity contribution in [2.75, 3.05) is 25.7 Å². The van der Waals surface area contributed by atoms with Gasteiger partial charge in [-0.25, -0.2) is 0 Å². The fraction of sp³-hybridized carbons (Fsp3) is 0.368. The van der Waals surface area contributed by atoms with E-state index in [1.807, 2.05) is 24.3 Å². The fourth-order valence-corrected chi connectivity index (χ4v) is 3.38. The number of rotatable bonds is 6. The molecule has 3 rings (SSSR count). The Bertz CT molecular complexity index is 690. The molecular weight excluding hydrogens is 304 g/mol.